The van der Waals surface area contributed by atoms with E-state index in [4.69, 9.17) is 0 Å². The average molecular weight is 247 g/mol. The molecule has 0 N–H and O–H groups in total. The van der Waals surface area contributed by atoms with Crippen molar-refractivity contribution in [3.63, 3.8) is 0 Å². The van der Waals surface area contributed by atoms with Crippen molar-refractivity contribution >= 4 is 5.71 Å². The summed E-state index contributed by atoms with van der Waals surface area (Å²) in [4.78, 5) is 4.49. The van der Waals surface area contributed by atoms with Crippen LogP contribution >= 0.6 is 0 Å². The summed E-state index contributed by atoms with van der Waals surface area (Å²) in [5.74, 6) is -0.126. The molecule has 0 bridgehead atoms. The fourth-order valence-electron chi connectivity index (χ4n) is 1.67. The quantitative estimate of drug-likeness (QED) is 0.671. The first-order valence-electron chi connectivity index (χ1n) is 6.43. The van der Waals surface area contributed by atoms with Crippen LogP contribution in [0.15, 0.2) is 34.5 Å². The van der Waals surface area contributed by atoms with E-state index in [0.717, 1.165) is 35.4 Å². The monoisotopic (exact) mass is 247 g/mol. The number of aliphatic imine (C=N–C) groups is 1. The Bertz CT molecular complexity index is 480. The zero-order valence-corrected chi connectivity index (χ0v) is 12.0. The molecule has 0 amide bonds. The number of nitrogens with zero attached hydrogens (tertiary/aromatic N) is 1. The first-order valence-corrected chi connectivity index (χ1v) is 6.43. The van der Waals surface area contributed by atoms with Gasteiger partial charge in [0, 0.05) is 11.4 Å². The van der Waals surface area contributed by atoms with Crippen molar-refractivity contribution in [1.29, 1.82) is 0 Å². The van der Waals surface area contributed by atoms with Gasteiger partial charge in [0.1, 0.15) is 5.82 Å². The molecule has 0 unspecified atom stereocenters. The smallest absolute Gasteiger partial charge is 0.127 e. The predicted octanol–water partition coefficient (Wildman–Crippen LogP) is 4.90. The highest BCUT2D eigenvalue weighted by atomic mass is 19.1. The van der Waals surface area contributed by atoms with Crippen LogP contribution in [0.5, 0.6) is 0 Å². The number of halogens is 1. The molecule has 0 atom stereocenters. The minimum absolute atomic E-state index is 0.126. The van der Waals surface area contributed by atoms with Crippen molar-refractivity contribution < 1.29 is 4.39 Å². The molecule has 0 radical (unpaired) electrons. The van der Waals surface area contributed by atoms with Crippen LogP contribution in [0.1, 0.15) is 52.2 Å². The second-order valence-electron chi connectivity index (χ2n) is 4.84. The third kappa shape index (κ3) is 3.80. The molecule has 0 spiro atoms. The van der Waals surface area contributed by atoms with Gasteiger partial charge in [-0.25, -0.2) is 4.39 Å². The Hall–Kier alpha value is -1.44. The molecule has 0 heterocycles. The molecule has 0 saturated heterocycles. The number of hydrogen-bond donors (Lipinski definition) is 0. The molecule has 0 fully saturated rings. The highest BCUT2D eigenvalue weighted by Crippen LogP contribution is 2.14. The van der Waals surface area contributed by atoms with E-state index < -0.39 is 0 Å². The molecule has 0 aliphatic carbocycles. The predicted molar refractivity (Wildman–Crippen MR) is 76.7 cm³/mol. The molecule has 98 valence electrons. The van der Waals surface area contributed by atoms with Crippen molar-refractivity contribution in [1.82, 2.24) is 0 Å². The maximum Gasteiger partial charge on any atom is 0.127 e. The zero-order valence-electron chi connectivity index (χ0n) is 12.0. The van der Waals surface area contributed by atoms with E-state index in [0.29, 0.717) is 0 Å². The lowest BCUT2D eigenvalue weighted by Gasteiger charge is -2.06. The summed E-state index contributed by atoms with van der Waals surface area (Å²) >= 11 is 0. The summed E-state index contributed by atoms with van der Waals surface area (Å²) in [5, 5.41) is 0. The van der Waals surface area contributed by atoms with Crippen LogP contribution in [0, 0.1) is 5.82 Å². The summed E-state index contributed by atoms with van der Waals surface area (Å²) in [6.45, 7) is 9.99. The normalized spacial score (nSPS) is 11.6. The highest BCUT2D eigenvalue weighted by molar-refractivity contribution is 5.99. The molecule has 0 saturated carbocycles. The zero-order chi connectivity index (χ0) is 13.7. The molecular weight excluding hydrogens is 225 g/mol. The molecule has 0 aliphatic rings. The molecule has 18 heavy (non-hydrogen) atoms. The van der Waals surface area contributed by atoms with Crippen LogP contribution in [-0.4, -0.2) is 5.71 Å². The lowest BCUT2D eigenvalue weighted by atomic mass is 10.0. The summed E-state index contributed by atoms with van der Waals surface area (Å²) in [5.41, 5.74) is 4.67. The number of allylic oxidation sites excluding steroid dienone is 2. The molecule has 1 aromatic rings. The van der Waals surface area contributed by atoms with Gasteiger partial charge >= 0.3 is 0 Å². The second kappa shape index (κ2) is 6.48. The summed E-state index contributed by atoms with van der Waals surface area (Å²) in [6, 6.07) is 5.40. The van der Waals surface area contributed by atoms with E-state index in [1.807, 2.05) is 39.8 Å². The number of rotatable bonds is 4. The number of hydrogen-bond acceptors (Lipinski definition) is 1. The molecule has 1 rings (SSSR count). The Morgan fingerprint density at radius 1 is 1.17 bits per heavy atom. The summed E-state index contributed by atoms with van der Waals surface area (Å²) in [7, 11) is 0. The van der Waals surface area contributed by atoms with Gasteiger partial charge < -0.3 is 0 Å². The molecular formula is C16H22FN. The molecule has 0 aromatic heterocycles. The van der Waals surface area contributed by atoms with Gasteiger partial charge in [-0.3, -0.25) is 4.99 Å². The van der Waals surface area contributed by atoms with Crippen molar-refractivity contribution in [3.8, 4) is 0 Å². The van der Waals surface area contributed by atoms with Crippen LogP contribution in [0.4, 0.5) is 4.39 Å². The molecule has 2 heteroatoms. The summed E-state index contributed by atoms with van der Waals surface area (Å²) in [6.07, 6.45) is 1.75. The lowest BCUT2D eigenvalue weighted by molar-refractivity contribution is 0.607. The van der Waals surface area contributed by atoms with Crippen molar-refractivity contribution in [3.05, 3.63) is 46.4 Å². The fraction of sp³-hybridized carbons (Fsp3) is 0.438. The van der Waals surface area contributed by atoms with Crippen molar-refractivity contribution in [2.24, 2.45) is 4.99 Å². The maximum absolute atomic E-state index is 13.8. The van der Waals surface area contributed by atoms with Gasteiger partial charge in [0.15, 0.2) is 0 Å². The number of aryl methyl sites for hydroxylation is 1. The van der Waals surface area contributed by atoms with Crippen LogP contribution in [0.3, 0.4) is 0 Å². The fourth-order valence-corrected chi connectivity index (χ4v) is 1.67. The van der Waals surface area contributed by atoms with Gasteiger partial charge in [-0.05, 0) is 51.3 Å². The van der Waals surface area contributed by atoms with Crippen molar-refractivity contribution in [2.45, 2.75) is 47.5 Å². The first-order chi connectivity index (χ1) is 8.45. The van der Waals surface area contributed by atoms with Gasteiger partial charge in [0.2, 0.25) is 0 Å². The second-order valence-corrected chi connectivity index (χ2v) is 4.84. The van der Waals surface area contributed by atoms with E-state index in [9.17, 15) is 4.39 Å². The third-order valence-corrected chi connectivity index (χ3v) is 3.05. The van der Waals surface area contributed by atoms with Gasteiger partial charge in [-0.1, -0.05) is 31.1 Å². The van der Waals surface area contributed by atoms with E-state index in [2.05, 4.69) is 11.9 Å². The van der Waals surface area contributed by atoms with Gasteiger partial charge in [0.25, 0.3) is 0 Å². The SMILES string of the molecule is CCCc1ccc(/C(C)=N/C(C)=C(C)C)cc1F. The van der Waals surface area contributed by atoms with E-state index in [1.54, 1.807) is 6.07 Å². The Morgan fingerprint density at radius 2 is 1.83 bits per heavy atom. The van der Waals surface area contributed by atoms with Gasteiger partial charge in [0.05, 0.1) is 0 Å². The van der Waals surface area contributed by atoms with Crippen molar-refractivity contribution in [2.75, 3.05) is 0 Å². The average Bonchev–Trinajstić information content (AvgIpc) is 2.31. The van der Waals surface area contributed by atoms with Gasteiger partial charge in [-0.2, -0.15) is 0 Å². The standard InChI is InChI=1S/C16H22FN/c1-6-7-14-8-9-15(10-16(14)17)13(5)18-12(4)11(2)3/h8-10H,6-7H2,1-5H3/b18-13+. The maximum atomic E-state index is 13.8. The third-order valence-electron chi connectivity index (χ3n) is 3.05. The topological polar surface area (TPSA) is 12.4 Å². The largest absolute Gasteiger partial charge is 0.258 e. The van der Waals surface area contributed by atoms with E-state index >= 15 is 0 Å². The Labute approximate surface area is 109 Å². The van der Waals surface area contributed by atoms with Crippen LogP contribution < -0.4 is 0 Å². The molecule has 1 nitrogen and oxygen atoms in total. The first kappa shape index (κ1) is 14.6. The van der Waals surface area contributed by atoms with E-state index in [-0.39, 0.29) is 5.82 Å². The lowest BCUT2D eigenvalue weighted by Crippen LogP contribution is -1.99. The minimum atomic E-state index is -0.126. The van der Waals surface area contributed by atoms with Gasteiger partial charge in [-0.15, -0.1) is 0 Å². The Kier molecular flexibility index (Phi) is 5.26. The van der Waals surface area contributed by atoms with Crippen LogP contribution in [-0.2, 0) is 6.42 Å². The number of benzene rings is 1. The van der Waals surface area contributed by atoms with Crippen LogP contribution in [0.25, 0.3) is 0 Å². The van der Waals surface area contributed by atoms with E-state index in [1.165, 1.54) is 5.57 Å². The Balaban J connectivity index is 3.05. The Morgan fingerprint density at radius 3 is 2.33 bits per heavy atom. The molecule has 1 aromatic carbocycles. The van der Waals surface area contributed by atoms with Crippen LogP contribution in [0.2, 0.25) is 0 Å². The summed E-state index contributed by atoms with van der Waals surface area (Å²) < 4.78 is 13.8. The minimum Gasteiger partial charge on any atom is -0.258 e. The highest BCUT2D eigenvalue weighted by Gasteiger charge is 2.05. The molecule has 0 aliphatic heterocycles.